The van der Waals surface area contributed by atoms with Gasteiger partial charge >= 0.3 is 0 Å². The highest BCUT2D eigenvalue weighted by Gasteiger charge is 2.05. The van der Waals surface area contributed by atoms with Crippen molar-refractivity contribution in [3.8, 4) is 0 Å². The van der Waals surface area contributed by atoms with Gasteiger partial charge in [-0.3, -0.25) is 0 Å². The lowest BCUT2D eigenvalue weighted by molar-refractivity contribution is 0.492. The SMILES string of the molecule is CCCCNC(=S)N(C)Cc1cc(Br)cs1. The molecule has 0 aliphatic heterocycles. The molecule has 0 aliphatic rings. The lowest BCUT2D eigenvalue weighted by atomic mass is 10.3. The van der Waals surface area contributed by atoms with E-state index in [-0.39, 0.29) is 0 Å². The van der Waals surface area contributed by atoms with E-state index < -0.39 is 0 Å². The van der Waals surface area contributed by atoms with Crippen LogP contribution in [-0.4, -0.2) is 23.6 Å². The maximum atomic E-state index is 5.30. The van der Waals surface area contributed by atoms with Gasteiger partial charge in [-0.15, -0.1) is 11.3 Å². The highest BCUT2D eigenvalue weighted by atomic mass is 79.9. The number of thiophene rings is 1. The van der Waals surface area contributed by atoms with Crippen LogP contribution in [0.3, 0.4) is 0 Å². The van der Waals surface area contributed by atoms with E-state index >= 15 is 0 Å². The summed E-state index contributed by atoms with van der Waals surface area (Å²) in [5.41, 5.74) is 0. The van der Waals surface area contributed by atoms with Gasteiger partial charge in [-0.05, 0) is 40.6 Å². The minimum Gasteiger partial charge on any atom is -0.363 e. The molecule has 1 N–H and O–H groups in total. The van der Waals surface area contributed by atoms with Crippen molar-refractivity contribution < 1.29 is 0 Å². The Hall–Kier alpha value is -0.130. The molecule has 0 saturated carbocycles. The molecule has 0 bridgehead atoms. The molecule has 1 aromatic rings. The predicted molar refractivity (Wildman–Crippen MR) is 79.0 cm³/mol. The molecule has 2 nitrogen and oxygen atoms in total. The van der Waals surface area contributed by atoms with Crippen LogP contribution in [0, 0.1) is 0 Å². The van der Waals surface area contributed by atoms with Crippen molar-refractivity contribution in [2.75, 3.05) is 13.6 Å². The molecule has 0 radical (unpaired) electrons. The zero-order valence-electron chi connectivity index (χ0n) is 9.62. The van der Waals surface area contributed by atoms with E-state index in [0.717, 1.165) is 22.7 Å². The second-order valence-electron chi connectivity index (χ2n) is 3.67. The summed E-state index contributed by atoms with van der Waals surface area (Å²) in [5.74, 6) is 0. The first-order valence-electron chi connectivity index (χ1n) is 5.35. The molecule has 0 fully saturated rings. The van der Waals surface area contributed by atoms with Crippen LogP contribution in [0.25, 0.3) is 0 Å². The maximum Gasteiger partial charge on any atom is 0.169 e. The van der Waals surface area contributed by atoms with Crippen molar-refractivity contribution in [3.05, 3.63) is 20.8 Å². The van der Waals surface area contributed by atoms with Gasteiger partial charge in [-0.2, -0.15) is 0 Å². The summed E-state index contributed by atoms with van der Waals surface area (Å²) in [6.07, 6.45) is 2.36. The van der Waals surface area contributed by atoms with E-state index in [9.17, 15) is 0 Å². The van der Waals surface area contributed by atoms with E-state index in [1.54, 1.807) is 11.3 Å². The van der Waals surface area contributed by atoms with Crippen molar-refractivity contribution in [2.24, 2.45) is 0 Å². The summed E-state index contributed by atoms with van der Waals surface area (Å²) < 4.78 is 1.14. The molecule has 0 saturated heterocycles. The number of unbranched alkanes of at least 4 members (excludes halogenated alkanes) is 1. The van der Waals surface area contributed by atoms with E-state index in [1.165, 1.54) is 17.7 Å². The van der Waals surface area contributed by atoms with Gasteiger partial charge in [0.1, 0.15) is 0 Å². The smallest absolute Gasteiger partial charge is 0.169 e. The van der Waals surface area contributed by atoms with E-state index in [0.29, 0.717) is 0 Å². The molecular weight excluding hydrogens is 304 g/mol. The number of hydrogen-bond acceptors (Lipinski definition) is 2. The second-order valence-corrected chi connectivity index (χ2v) is 5.97. The zero-order chi connectivity index (χ0) is 12.0. The Labute approximate surface area is 115 Å². The molecule has 1 aromatic heterocycles. The van der Waals surface area contributed by atoms with Gasteiger partial charge in [0.05, 0.1) is 6.54 Å². The quantitative estimate of drug-likeness (QED) is 0.659. The van der Waals surface area contributed by atoms with Crippen LogP contribution in [0.2, 0.25) is 0 Å². The highest BCUT2D eigenvalue weighted by Crippen LogP contribution is 2.20. The minimum atomic E-state index is 0.831. The molecule has 1 rings (SSSR count). The van der Waals surface area contributed by atoms with Crippen LogP contribution in [0.4, 0.5) is 0 Å². The first-order valence-corrected chi connectivity index (χ1v) is 7.43. The summed E-state index contributed by atoms with van der Waals surface area (Å²) in [4.78, 5) is 3.39. The topological polar surface area (TPSA) is 15.3 Å². The van der Waals surface area contributed by atoms with Crippen LogP contribution in [0.15, 0.2) is 15.9 Å². The minimum absolute atomic E-state index is 0.831. The number of halogens is 1. The maximum absolute atomic E-state index is 5.30. The third-order valence-corrected chi connectivity index (χ3v) is 4.31. The first-order chi connectivity index (χ1) is 7.63. The van der Waals surface area contributed by atoms with Gasteiger partial charge in [-0.1, -0.05) is 13.3 Å². The van der Waals surface area contributed by atoms with Crippen LogP contribution < -0.4 is 5.32 Å². The Bertz CT molecular complexity index is 338. The average molecular weight is 321 g/mol. The molecule has 0 spiro atoms. The number of thiocarbonyl (C=S) groups is 1. The molecule has 0 unspecified atom stereocenters. The summed E-state index contributed by atoms with van der Waals surface area (Å²) in [6, 6.07) is 2.13. The Balaban J connectivity index is 2.34. The van der Waals surface area contributed by atoms with Crippen molar-refractivity contribution >= 4 is 44.6 Å². The summed E-state index contributed by atoms with van der Waals surface area (Å²) in [7, 11) is 2.02. The van der Waals surface area contributed by atoms with Gasteiger partial charge < -0.3 is 10.2 Å². The normalized spacial score (nSPS) is 10.2. The Morgan fingerprint density at radius 1 is 1.62 bits per heavy atom. The largest absolute Gasteiger partial charge is 0.363 e. The Kier molecular flexibility index (Phi) is 6.31. The lowest BCUT2D eigenvalue weighted by Gasteiger charge is -2.20. The van der Waals surface area contributed by atoms with Crippen molar-refractivity contribution in [3.63, 3.8) is 0 Å². The summed E-state index contributed by atoms with van der Waals surface area (Å²) in [5, 5.41) is 6.19. The number of nitrogens with one attached hydrogen (secondary N) is 1. The van der Waals surface area contributed by atoms with E-state index in [4.69, 9.17) is 12.2 Å². The Morgan fingerprint density at radius 3 is 2.94 bits per heavy atom. The number of hydrogen-bond donors (Lipinski definition) is 1. The van der Waals surface area contributed by atoms with E-state index in [1.807, 2.05) is 7.05 Å². The number of rotatable bonds is 5. The molecule has 90 valence electrons. The van der Waals surface area contributed by atoms with Gasteiger partial charge in [0.2, 0.25) is 0 Å². The summed E-state index contributed by atoms with van der Waals surface area (Å²) in [6.45, 7) is 4.01. The second kappa shape index (κ2) is 7.25. The van der Waals surface area contributed by atoms with Crippen LogP contribution in [-0.2, 0) is 6.54 Å². The standard InChI is InChI=1S/C11H17BrN2S2/c1-3-4-5-13-11(15)14(2)7-10-6-9(12)8-16-10/h6,8H,3-5,7H2,1-2H3,(H,13,15). The lowest BCUT2D eigenvalue weighted by Crippen LogP contribution is -2.36. The average Bonchev–Trinajstić information content (AvgIpc) is 2.64. The van der Waals surface area contributed by atoms with Crippen LogP contribution >= 0.6 is 39.5 Å². The molecule has 5 heteroatoms. The fraction of sp³-hybridized carbons (Fsp3) is 0.545. The van der Waals surface area contributed by atoms with Crippen molar-refractivity contribution in [2.45, 2.75) is 26.3 Å². The zero-order valence-corrected chi connectivity index (χ0v) is 12.8. The van der Waals surface area contributed by atoms with Crippen molar-refractivity contribution in [1.29, 1.82) is 0 Å². The number of nitrogens with zero attached hydrogens (tertiary/aromatic N) is 1. The third kappa shape index (κ3) is 4.80. The van der Waals surface area contributed by atoms with Crippen molar-refractivity contribution in [1.82, 2.24) is 10.2 Å². The summed E-state index contributed by atoms with van der Waals surface area (Å²) >= 11 is 10.5. The molecule has 16 heavy (non-hydrogen) atoms. The fourth-order valence-corrected chi connectivity index (χ4v) is 2.92. The molecule has 1 heterocycles. The van der Waals surface area contributed by atoms with E-state index in [2.05, 4.69) is 44.5 Å². The third-order valence-electron chi connectivity index (χ3n) is 2.17. The first kappa shape index (κ1) is 13.9. The molecule has 0 atom stereocenters. The Morgan fingerprint density at radius 2 is 2.38 bits per heavy atom. The monoisotopic (exact) mass is 320 g/mol. The molecule has 0 aliphatic carbocycles. The predicted octanol–water partition coefficient (Wildman–Crippen LogP) is 3.62. The van der Waals surface area contributed by atoms with Crippen LogP contribution in [0.5, 0.6) is 0 Å². The fourth-order valence-electron chi connectivity index (χ4n) is 1.25. The molecular formula is C11H17BrN2S2. The van der Waals surface area contributed by atoms with Gasteiger partial charge in [0.15, 0.2) is 5.11 Å². The van der Waals surface area contributed by atoms with Gasteiger partial charge in [0.25, 0.3) is 0 Å². The van der Waals surface area contributed by atoms with Gasteiger partial charge in [0, 0.05) is 28.3 Å². The van der Waals surface area contributed by atoms with Gasteiger partial charge in [-0.25, -0.2) is 0 Å². The molecule has 0 aromatic carbocycles. The van der Waals surface area contributed by atoms with Crippen LogP contribution in [0.1, 0.15) is 24.6 Å². The molecule has 0 amide bonds. The highest BCUT2D eigenvalue weighted by molar-refractivity contribution is 9.10.